The normalized spacial score (nSPS) is 16.8. The number of pyridine rings is 1. The molecule has 1 aromatic heterocycles. The minimum absolute atomic E-state index is 0.0934. The van der Waals surface area contributed by atoms with Crippen LogP contribution in [0.4, 0.5) is 10.1 Å². The van der Waals surface area contributed by atoms with Crippen LogP contribution in [-0.4, -0.2) is 71.7 Å². The highest BCUT2D eigenvalue weighted by Gasteiger charge is 2.28. The van der Waals surface area contributed by atoms with Crippen molar-refractivity contribution in [1.82, 2.24) is 14.8 Å². The minimum Gasteiger partial charge on any atom is -0.487 e. The molecule has 2 aliphatic heterocycles. The van der Waals surface area contributed by atoms with E-state index in [1.807, 2.05) is 18.0 Å². The number of hydrogen-bond donors (Lipinski definition) is 1. The molecule has 0 fully saturated rings. The third-order valence-electron chi connectivity index (χ3n) is 6.89. The van der Waals surface area contributed by atoms with Crippen molar-refractivity contribution in [3.05, 3.63) is 89.0 Å². The third-order valence-corrected chi connectivity index (χ3v) is 6.89. The molecule has 0 saturated carbocycles. The number of carbonyl (C=O) groups excluding carboxylic acids is 1. The van der Waals surface area contributed by atoms with Crippen LogP contribution >= 0.6 is 0 Å². The predicted octanol–water partition coefficient (Wildman–Crippen LogP) is 3.11. The van der Waals surface area contributed by atoms with Crippen molar-refractivity contribution in [2.75, 3.05) is 44.7 Å². The first kappa shape index (κ1) is 24.2. The number of carbonyl (C=O) groups is 1. The van der Waals surface area contributed by atoms with Crippen molar-refractivity contribution in [2.45, 2.75) is 25.7 Å². The van der Waals surface area contributed by atoms with Gasteiger partial charge < -0.3 is 19.6 Å². The maximum absolute atomic E-state index is 13.4. The highest BCUT2D eigenvalue weighted by molar-refractivity contribution is 6.00. The summed E-state index contributed by atoms with van der Waals surface area (Å²) in [6.07, 6.45) is 1.51. The average Bonchev–Trinajstić information content (AvgIpc) is 3.00. The van der Waals surface area contributed by atoms with Crippen molar-refractivity contribution in [3.8, 4) is 5.75 Å². The van der Waals surface area contributed by atoms with Gasteiger partial charge in [-0.1, -0.05) is 24.3 Å². The lowest BCUT2D eigenvalue weighted by molar-refractivity contribution is 0.0521. The predicted molar refractivity (Wildman–Crippen MR) is 136 cm³/mol. The van der Waals surface area contributed by atoms with E-state index in [0.29, 0.717) is 43.2 Å². The van der Waals surface area contributed by atoms with Crippen molar-refractivity contribution in [2.24, 2.45) is 0 Å². The van der Waals surface area contributed by atoms with Gasteiger partial charge in [0.05, 0.1) is 29.2 Å². The van der Waals surface area contributed by atoms with Gasteiger partial charge in [-0.05, 0) is 41.8 Å². The van der Waals surface area contributed by atoms with Crippen LogP contribution in [-0.2, 0) is 19.6 Å². The van der Waals surface area contributed by atoms with Crippen LogP contribution in [0.5, 0.6) is 5.75 Å². The summed E-state index contributed by atoms with van der Waals surface area (Å²) in [5.74, 6) is 0.127. The third kappa shape index (κ3) is 5.50. The quantitative estimate of drug-likeness (QED) is 0.549. The number of anilines is 1. The summed E-state index contributed by atoms with van der Waals surface area (Å²) in [4.78, 5) is 23.4. The maximum Gasteiger partial charge on any atom is 0.256 e. The smallest absolute Gasteiger partial charge is 0.256 e. The number of likely N-dealkylation sites (N-methyl/N-ethyl adjacent to an activating group) is 1. The average molecular weight is 491 g/mol. The molecule has 0 unspecified atom stereocenters. The summed E-state index contributed by atoms with van der Waals surface area (Å²) in [5.41, 5.74) is 4.68. The minimum atomic E-state index is -0.628. The summed E-state index contributed by atoms with van der Waals surface area (Å²) in [6.45, 7) is 3.93. The molecule has 2 aliphatic rings. The second-order valence-electron chi connectivity index (χ2n) is 9.52. The molecular weight excluding hydrogens is 459 g/mol. The molecule has 8 heteroatoms. The first-order valence-electron chi connectivity index (χ1n) is 12.3. The molecule has 0 bridgehead atoms. The number of halogens is 1. The Morgan fingerprint density at radius 3 is 2.69 bits per heavy atom. The van der Waals surface area contributed by atoms with Gasteiger partial charge in [0.2, 0.25) is 0 Å². The fourth-order valence-corrected chi connectivity index (χ4v) is 4.90. The number of benzene rings is 2. The number of ether oxygens (including phenoxy) is 1. The second kappa shape index (κ2) is 10.6. The Balaban J connectivity index is 1.22. The van der Waals surface area contributed by atoms with Crippen LogP contribution < -0.4 is 9.64 Å². The monoisotopic (exact) mass is 490 g/mol. The standard InChI is InChI=1S/C28H31FN4O3/c1-31-12-13-33(18-24(34)17-32-11-10-20-4-2-3-5-21(20)16-32)28(35)26-9-8-25(14-27(26)31)36-19-23-7-6-22(29)15-30-23/h2-9,14-15,24,34H,10-13,16-19H2,1H3/t24-/m1/s1. The van der Waals surface area contributed by atoms with E-state index in [2.05, 4.69) is 34.1 Å². The molecule has 0 saturated heterocycles. The van der Waals surface area contributed by atoms with E-state index in [1.54, 1.807) is 23.1 Å². The Morgan fingerprint density at radius 1 is 1.06 bits per heavy atom. The summed E-state index contributed by atoms with van der Waals surface area (Å²) in [6, 6.07) is 16.8. The van der Waals surface area contributed by atoms with Gasteiger partial charge in [-0.2, -0.15) is 0 Å². The molecule has 0 radical (unpaired) electrons. The fourth-order valence-electron chi connectivity index (χ4n) is 4.90. The molecule has 1 amide bonds. The van der Waals surface area contributed by atoms with E-state index in [1.165, 1.54) is 17.2 Å². The number of β-amino-alcohol motifs (C(OH)–C–C–N with tert-alkyl or cyclic N) is 1. The number of nitrogens with zero attached hydrogens (tertiary/aromatic N) is 4. The van der Waals surface area contributed by atoms with Crippen LogP contribution in [0.25, 0.3) is 0 Å². The number of aliphatic hydroxyl groups is 1. The number of amides is 1. The Bertz CT molecular complexity index is 1220. The molecule has 0 aliphatic carbocycles. The van der Waals surface area contributed by atoms with E-state index < -0.39 is 6.10 Å². The number of hydrogen-bond acceptors (Lipinski definition) is 6. The molecule has 1 atom stereocenters. The molecule has 188 valence electrons. The van der Waals surface area contributed by atoms with Crippen LogP contribution in [0.1, 0.15) is 27.2 Å². The zero-order valence-electron chi connectivity index (χ0n) is 20.4. The Kier molecular flexibility index (Phi) is 7.16. The van der Waals surface area contributed by atoms with Crippen molar-refractivity contribution < 1.29 is 19.0 Å². The zero-order valence-corrected chi connectivity index (χ0v) is 20.4. The summed E-state index contributed by atoms with van der Waals surface area (Å²) in [7, 11) is 1.95. The zero-order chi connectivity index (χ0) is 25.1. The largest absolute Gasteiger partial charge is 0.487 e. The lowest BCUT2D eigenvalue weighted by atomic mass is 10.00. The van der Waals surface area contributed by atoms with Gasteiger partial charge >= 0.3 is 0 Å². The maximum atomic E-state index is 13.4. The van der Waals surface area contributed by atoms with Crippen LogP contribution in [0.15, 0.2) is 60.8 Å². The molecular formula is C28H31FN4O3. The molecule has 3 aromatic rings. The SMILES string of the molecule is CN1CCN(C[C@H](O)CN2CCc3ccccc3C2)C(=O)c2ccc(OCc3ccc(F)cn3)cc21. The summed E-state index contributed by atoms with van der Waals surface area (Å²) in [5, 5.41) is 10.9. The van der Waals surface area contributed by atoms with Crippen molar-refractivity contribution >= 4 is 11.6 Å². The summed E-state index contributed by atoms with van der Waals surface area (Å²) >= 11 is 0. The Morgan fingerprint density at radius 2 is 1.89 bits per heavy atom. The molecule has 36 heavy (non-hydrogen) atoms. The topological polar surface area (TPSA) is 69.1 Å². The molecule has 2 aromatic carbocycles. The Hall–Kier alpha value is -3.49. The van der Waals surface area contributed by atoms with Crippen molar-refractivity contribution in [1.29, 1.82) is 0 Å². The highest BCUT2D eigenvalue weighted by Crippen LogP contribution is 2.29. The van der Waals surface area contributed by atoms with Gasteiger partial charge in [-0.15, -0.1) is 0 Å². The second-order valence-corrected chi connectivity index (χ2v) is 9.52. The number of aromatic nitrogens is 1. The number of fused-ring (bicyclic) bond motifs is 2. The van der Waals surface area contributed by atoms with E-state index in [0.717, 1.165) is 31.4 Å². The van der Waals surface area contributed by atoms with Gasteiger partial charge in [0.15, 0.2) is 0 Å². The Labute approximate surface area is 210 Å². The summed E-state index contributed by atoms with van der Waals surface area (Å²) < 4.78 is 18.9. The number of aliphatic hydroxyl groups excluding tert-OH is 1. The van der Waals surface area contributed by atoms with Gasteiger partial charge in [0.1, 0.15) is 18.2 Å². The molecule has 0 spiro atoms. The number of rotatable bonds is 7. The van der Waals surface area contributed by atoms with Crippen LogP contribution in [0.2, 0.25) is 0 Å². The first-order chi connectivity index (χ1) is 17.5. The molecule has 7 nitrogen and oxygen atoms in total. The van der Waals surface area contributed by atoms with Gasteiger partial charge in [0, 0.05) is 52.4 Å². The van der Waals surface area contributed by atoms with E-state index in [9.17, 15) is 14.3 Å². The van der Waals surface area contributed by atoms with E-state index in [-0.39, 0.29) is 18.3 Å². The van der Waals surface area contributed by atoms with Crippen LogP contribution in [0.3, 0.4) is 0 Å². The van der Waals surface area contributed by atoms with E-state index >= 15 is 0 Å². The van der Waals surface area contributed by atoms with E-state index in [4.69, 9.17) is 4.74 Å². The fraction of sp³-hybridized carbons (Fsp3) is 0.357. The lowest BCUT2D eigenvalue weighted by Crippen LogP contribution is -2.44. The van der Waals surface area contributed by atoms with Crippen LogP contribution in [0, 0.1) is 5.82 Å². The van der Waals surface area contributed by atoms with Gasteiger partial charge in [0.25, 0.3) is 5.91 Å². The highest BCUT2D eigenvalue weighted by atomic mass is 19.1. The van der Waals surface area contributed by atoms with Gasteiger partial charge in [-0.25, -0.2) is 4.39 Å². The molecule has 1 N–H and O–H groups in total. The first-order valence-corrected chi connectivity index (χ1v) is 12.3. The molecule has 3 heterocycles. The molecule has 5 rings (SSSR count). The lowest BCUT2D eigenvalue weighted by Gasteiger charge is -2.32. The van der Waals surface area contributed by atoms with Crippen molar-refractivity contribution in [3.63, 3.8) is 0 Å². The van der Waals surface area contributed by atoms with Gasteiger partial charge in [-0.3, -0.25) is 14.7 Å².